The number of benzene rings is 1. The molecule has 0 atom stereocenters. The minimum absolute atomic E-state index is 0.110. The van der Waals surface area contributed by atoms with Crippen molar-refractivity contribution in [2.45, 2.75) is 0 Å². The number of aromatic amines is 1. The first-order valence-corrected chi connectivity index (χ1v) is 6.59. The van der Waals surface area contributed by atoms with E-state index in [2.05, 4.69) is 4.98 Å². The molecule has 0 saturated heterocycles. The Hall–Kier alpha value is -2.82. The van der Waals surface area contributed by atoms with Gasteiger partial charge in [-0.1, -0.05) is 18.2 Å². The molecule has 3 aromatic rings. The third-order valence-electron chi connectivity index (χ3n) is 3.44. The Morgan fingerprint density at radius 1 is 1.10 bits per heavy atom. The van der Waals surface area contributed by atoms with Gasteiger partial charge in [-0.15, -0.1) is 0 Å². The Bertz CT molecular complexity index is 852. The van der Waals surface area contributed by atoms with Gasteiger partial charge >= 0.3 is 5.56 Å². The second-order valence-electron chi connectivity index (χ2n) is 5.04. The van der Waals surface area contributed by atoms with Crippen molar-refractivity contribution in [1.82, 2.24) is 4.98 Å². The first-order chi connectivity index (χ1) is 10.1. The second kappa shape index (κ2) is 4.94. The number of nitrogens with zero attached hydrogens (tertiary/aromatic N) is 2. The third kappa shape index (κ3) is 2.23. The predicted molar refractivity (Wildman–Crippen MR) is 79.9 cm³/mol. The number of nitrogens with one attached hydrogen (secondary N) is 1. The molecule has 1 N–H and O–H groups in total. The Labute approximate surface area is 121 Å². The molecule has 1 aromatic carbocycles. The molecule has 2 heterocycles. The van der Waals surface area contributed by atoms with Crippen LogP contribution in [0.4, 0.5) is 5.69 Å². The fraction of sp³-hybridized carbons (Fsp3) is 0.125. The topological polar surface area (TPSA) is 63.0 Å². The number of fused-ring (bicyclic) bond motifs is 1. The molecule has 0 saturated carbocycles. The summed E-state index contributed by atoms with van der Waals surface area (Å²) >= 11 is 0. The van der Waals surface area contributed by atoms with Gasteiger partial charge in [-0.3, -0.25) is 4.79 Å². The molecule has 0 bridgehead atoms. The molecule has 5 heteroatoms. The standard InChI is InChI=1S/C16H15N3O2/c1-18(2)11-7-9-19(10-8-11)14-15(20)12-5-3-4-6-13(12)17-16(14)21/h3-10H,1-2H3,(H-,17,20,21). The quantitative estimate of drug-likeness (QED) is 0.711. The van der Waals surface area contributed by atoms with Crippen molar-refractivity contribution in [2.75, 3.05) is 19.0 Å². The maximum atomic E-state index is 12.5. The van der Waals surface area contributed by atoms with E-state index in [1.807, 2.05) is 31.1 Å². The smallest absolute Gasteiger partial charge is 0.320 e. The van der Waals surface area contributed by atoms with Crippen molar-refractivity contribution in [3.63, 3.8) is 0 Å². The summed E-state index contributed by atoms with van der Waals surface area (Å²) in [6.07, 6.45) is 3.44. The normalized spacial score (nSPS) is 10.8. The largest absolute Gasteiger partial charge is 0.867 e. The summed E-state index contributed by atoms with van der Waals surface area (Å²) < 4.78 is 1.56. The van der Waals surface area contributed by atoms with Crippen molar-refractivity contribution in [3.05, 3.63) is 59.1 Å². The molecule has 2 aromatic heterocycles. The van der Waals surface area contributed by atoms with Gasteiger partial charge in [0.2, 0.25) is 0 Å². The molecule has 0 amide bonds. The number of hydrogen-bond acceptors (Lipinski definition) is 3. The van der Waals surface area contributed by atoms with Crippen LogP contribution in [0.3, 0.4) is 0 Å². The van der Waals surface area contributed by atoms with E-state index in [-0.39, 0.29) is 17.0 Å². The van der Waals surface area contributed by atoms with E-state index in [0.717, 1.165) is 5.69 Å². The van der Waals surface area contributed by atoms with Crippen LogP contribution in [-0.4, -0.2) is 19.1 Å². The number of H-pyrrole nitrogens is 1. The van der Waals surface area contributed by atoms with Gasteiger partial charge in [0.05, 0.1) is 0 Å². The highest BCUT2D eigenvalue weighted by Gasteiger charge is 2.15. The Balaban J connectivity index is 2.22. The van der Waals surface area contributed by atoms with E-state index in [0.29, 0.717) is 10.9 Å². The van der Waals surface area contributed by atoms with Crippen molar-refractivity contribution >= 4 is 16.6 Å². The van der Waals surface area contributed by atoms with Crippen LogP contribution >= 0.6 is 0 Å². The van der Waals surface area contributed by atoms with E-state index in [1.165, 1.54) is 0 Å². The molecular weight excluding hydrogens is 266 g/mol. The summed E-state index contributed by atoms with van der Waals surface area (Å²) in [6.45, 7) is 0. The summed E-state index contributed by atoms with van der Waals surface area (Å²) in [5, 5.41) is 13.0. The highest BCUT2D eigenvalue weighted by atomic mass is 16.3. The van der Waals surface area contributed by atoms with Crippen LogP contribution in [0.15, 0.2) is 53.6 Å². The lowest BCUT2D eigenvalue weighted by Crippen LogP contribution is -2.38. The van der Waals surface area contributed by atoms with Crippen LogP contribution in [0.2, 0.25) is 0 Å². The summed E-state index contributed by atoms with van der Waals surface area (Å²) in [5.41, 5.74) is 1.28. The van der Waals surface area contributed by atoms with Crippen molar-refractivity contribution < 1.29 is 9.67 Å². The zero-order valence-corrected chi connectivity index (χ0v) is 11.8. The number of pyridine rings is 2. The zero-order chi connectivity index (χ0) is 15.0. The van der Waals surface area contributed by atoms with E-state index in [4.69, 9.17) is 0 Å². The van der Waals surface area contributed by atoms with Crippen molar-refractivity contribution in [3.8, 4) is 11.4 Å². The molecule has 0 unspecified atom stereocenters. The second-order valence-corrected chi connectivity index (χ2v) is 5.04. The number of aromatic nitrogens is 2. The zero-order valence-electron chi connectivity index (χ0n) is 11.8. The fourth-order valence-electron chi connectivity index (χ4n) is 2.30. The molecular formula is C16H15N3O2. The average molecular weight is 281 g/mol. The van der Waals surface area contributed by atoms with Gasteiger partial charge in [0.1, 0.15) is 0 Å². The molecule has 21 heavy (non-hydrogen) atoms. The fourth-order valence-corrected chi connectivity index (χ4v) is 2.30. The van der Waals surface area contributed by atoms with Gasteiger partial charge in [0.25, 0.3) is 5.69 Å². The highest BCUT2D eigenvalue weighted by Crippen LogP contribution is 2.21. The molecule has 0 aliphatic heterocycles. The van der Waals surface area contributed by atoms with E-state index in [9.17, 15) is 9.90 Å². The SMILES string of the molecule is CN(C)c1cc[n+](-c2c([O-])c3ccccc3[nH]c2=O)cc1. The molecule has 3 rings (SSSR count). The molecule has 0 fully saturated rings. The van der Waals surface area contributed by atoms with Crippen LogP contribution in [0.1, 0.15) is 0 Å². The van der Waals surface area contributed by atoms with E-state index in [1.54, 1.807) is 41.2 Å². The lowest BCUT2D eigenvalue weighted by atomic mass is 10.2. The summed E-state index contributed by atoms with van der Waals surface area (Å²) in [7, 11) is 3.86. The Morgan fingerprint density at radius 3 is 2.43 bits per heavy atom. The minimum Gasteiger partial charge on any atom is -0.867 e. The third-order valence-corrected chi connectivity index (χ3v) is 3.44. The van der Waals surface area contributed by atoms with Gasteiger partial charge in [0, 0.05) is 37.4 Å². The van der Waals surface area contributed by atoms with Crippen molar-refractivity contribution in [2.24, 2.45) is 0 Å². The molecule has 5 nitrogen and oxygen atoms in total. The average Bonchev–Trinajstić information content (AvgIpc) is 2.48. The molecule has 0 aliphatic rings. The molecule has 106 valence electrons. The summed E-state index contributed by atoms with van der Waals surface area (Å²) in [4.78, 5) is 16.9. The lowest BCUT2D eigenvalue weighted by molar-refractivity contribution is -0.600. The number of hydrogen-bond donors (Lipinski definition) is 1. The van der Waals surface area contributed by atoms with Crippen LogP contribution in [0.5, 0.6) is 5.75 Å². The first-order valence-electron chi connectivity index (χ1n) is 6.59. The number of anilines is 1. The van der Waals surface area contributed by atoms with Crippen LogP contribution in [0, 0.1) is 0 Å². The van der Waals surface area contributed by atoms with Gasteiger partial charge in [-0.2, -0.15) is 4.57 Å². The Morgan fingerprint density at radius 2 is 1.76 bits per heavy atom. The maximum absolute atomic E-state index is 12.5. The maximum Gasteiger partial charge on any atom is 0.320 e. The molecule has 0 spiro atoms. The van der Waals surface area contributed by atoms with Gasteiger partial charge in [0.15, 0.2) is 12.4 Å². The van der Waals surface area contributed by atoms with E-state index < -0.39 is 0 Å². The number of rotatable bonds is 2. The molecule has 0 aliphatic carbocycles. The monoisotopic (exact) mass is 281 g/mol. The van der Waals surface area contributed by atoms with E-state index >= 15 is 0 Å². The van der Waals surface area contributed by atoms with Gasteiger partial charge < -0.3 is 15.0 Å². The lowest BCUT2D eigenvalue weighted by Gasteiger charge is -2.13. The van der Waals surface area contributed by atoms with Crippen LogP contribution < -0.4 is 20.1 Å². The van der Waals surface area contributed by atoms with Gasteiger partial charge in [-0.05, 0) is 17.2 Å². The van der Waals surface area contributed by atoms with Gasteiger partial charge in [-0.25, -0.2) is 0 Å². The highest BCUT2D eigenvalue weighted by molar-refractivity contribution is 5.86. The number of para-hydroxylation sites is 1. The summed E-state index contributed by atoms with van der Waals surface area (Å²) in [5.74, 6) is -0.267. The summed E-state index contributed by atoms with van der Waals surface area (Å²) in [6, 6.07) is 10.7. The van der Waals surface area contributed by atoms with Crippen LogP contribution in [0.25, 0.3) is 16.6 Å². The molecule has 0 radical (unpaired) electrons. The Kier molecular flexibility index (Phi) is 3.10. The first kappa shape index (κ1) is 13.2. The predicted octanol–water partition coefficient (Wildman–Crippen LogP) is 0.944. The van der Waals surface area contributed by atoms with Crippen molar-refractivity contribution in [1.29, 1.82) is 0 Å². The minimum atomic E-state index is -0.388. The van der Waals surface area contributed by atoms with Crippen LogP contribution in [-0.2, 0) is 0 Å².